The Kier molecular flexibility index (Phi) is 5.05. The zero-order valence-electron chi connectivity index (χ0n) is 5.22. The van der Waals surface area contributed by atoms with Crippen molar-refractivity contribution in [2.75, 3.05) is 13.2 Å². The molecule has 0 aliphatic heterocycles. The molecule has 0 aliphatic rings. The first kappa shape index (κ1) is 7.94. The fraction of sp³-hybridized carbons (Fsp3) is 1.00. The van der Waals surface area contributed by atoms with Crippen molar-refractivity contribution in [3.8, 4) is 0 Å². The molecule has 0 aromatic heterocycles. The minimum atomic E-state index is -1.29. The first-order chi connectivity index (χ1) is 3.81. The van der Waals surface area contributed by atoms with Crippen LogP contribution in [0.3, 0.4) is 0 Å². The molecule has 3 nitrogen and oxygen atoms in total. The van der Waals surface area contributed by atoms with Gasteiger partial charge in [-0.3, -0.25) is 0 Å². The van der Waals surface area contributed by atoms with Crippen LogP contribution in [0.1, 0.15) is 13.8 Å². The second-order valence-corrected chi connectivity index (χ2v) is 1.20. The summed E-state index contributed by atoms with van der Waals surface area (Å²) in [7, 11) is -1.29. The molecule has 0 saturated heterocycles. The van der Waals surface area contributed by atoms with E-state index in [4.69, 9.17) is 0 Å². The molecule has 0 aromatic rings. The van der Waals surface area contributed by atoms with E-state index in [1.807, 2.05) is 0 Å². The molecule has 0 aliphatic carbocycles. The third-order valence-corrected chi connectivity index (χ3v) is 0.605. The maximum Gasteiger partial charge on any atom is 0.666 e. The van der Waals surface area contributed by atoms with Crippen molar-refractivity contribution in [1.82, 2.24) is 0 Å². The summed E-state index contributed by atoms with van der Waals surface area (Å²) in [5.74, 6) is 0. The van der Waals surface area contributed by atoms with E-state index in [0.717, 1.165) is 0 Å². The number of hydrogen-bond donors (Lipinski definition) is 0. The maximum atomic E-state index is 10.3. The second kappa shape index (κ2) is 5.09. The standard InChI is InChI=1S/C4H10BO3/c1-3-7-5(6)8-4-2/h3-4H2,1-2H3. The van der Waals surface area contributed by atoms with Crippen molar-refractivity contribution in [2.45, 2.75) is 13.8 Å². The summed E-state index contributed by atoms with van der Waals surface area (Å²) >= 11 is 0. The number of hydrogen-bond acceptors (Lipinski definition) is 2. The van der Waals surface area contributed by atoms with Crippen LogP contribution in [-0.2, 0) is 14.3 Å². The van der Waals surface area contributed by atoms with E-state index in [9.17, 15) is 5.02 Å². The molecular formula is C4H10BO3. The van der Waals surface area contributed by atoms with Crippen molar-refractivity contribution < 1.29 is 14.3 Å². The Labute approximate surface area is 49.8 Å². The fourth-order valence-corrected chi connectivity index (χ4v) is 0.320. The van der Waals surface area contributed by atoms with E-state index in [1.54, 1.807) is 13.8 Å². The third-order valence-electron chi connectivity index (χ3n) is 0.605. The van der Waals surface area contributed by atoms with Gasteiger partial charge in [-0.2, -0.15) is 0 Å². The van der Waals surface area contributed by atoms with E-state index < -0.39 is 7.32 Å². The Bertz CT molecular complexity index is 44.5. The highest BCUT2D eigenvalue weighted by atomic mass is 16.7. The zero-order chi connectivity index (χ0) is 6.41. The van der Waals surface area contributed by atoms with Crippen molar-refractivity contribution in [3.63, 3.8) is 0 Å². The van der Waals surface area contributed by atoms with Crippen LogP contribution >= 0.6 is 0 Å². The van der Waals surface area contributed by atoms with E-state index in [1.165, 1.54) is 0 Å². The molecule has 0 saturated carbocycles. The smallest absolute Gasteiger partial charge is 0.385 e. The average Bonchev–Trinajstić information content (AvgIpc) is 1.68. The lowest BCUT2D eigenvalue weighted by atomic mass is 10.2. The predicted molar refractivity (Wildman–Crippen MR) is 29.7 cm³/mol. The molecule has 0 aromatic carbocycles. The topological polar surface area (TPSA) is 38.4 Å². The highest BCUT2D eigenvalue weighted by molar-refractivity contribution is 6.34. The summed E-state index contributed by atoms with van der Waals surface area (Å²) in [6.07, 6.45) is 0. The SMILES string of the molecule is CCOB([O])OCC. The van der Waals surface area contributed by atoms with Gasteiger partial charge in [0.25, 0.3) is 0 Å². The Balaban J connectivity index is 2.92. The Morgan fingerprint density at radius 1 is 1.25 bits per heavy atom. The Morgan fingerprint density at radius 2 is 1.62 bits per heavy atom. The number of rotatable bonds is 4. The lowest BCUT2D eigenvalue weighted by molar-refractivity contribution is 0.119. The molecular weight excluding hydrogens is 107 g/mol. The normalized spacial score (nSPS) is 9.38. The molecule has 8 heavy (non-hydrogen) atoms. The lowest BCUT2D eigenvalue weighted by Gasteiger charge is -2.00. The first-order valence-electron chi connectivity index (χ1n) is 2.70. The van der Waals surface area contributed by atoms with Crippen LogP contribution in [0.25, 0.3) is 0 Å². The van der Waals surface area contributed by atoms with Crippen molar-refractivity contribution in [2.24, 2.45) is 0 Å². The molecule has 0 fully saturated rings. The van der Waals surface area contributed by atoms with Crippen LogP contribution in [-0.4, -0.2) is 20.5 Å². The van der Waals surface area contributed by atoms with Gasteiger partial charge in [0.1, 0.15) is 0 Å². The van der Waals surface area contributed by atoms with Crippen LogP contribution in [0.2, 0.25) is 0 Å². The molecule has 0 heterocycles. The van der Waals surface area contributed by atoms with Crippen LogP contribution in [0.5, 0.6) is 0 Å². The van der Waals surface area contributed by atoms with Crippen molar-refractivity contribution in [3.05, 3.63) is 0 Å². The second-order valence-electron chi connectivity index (χ2n) is 1.20. The lowest BCUT2D eigenvalue weighted by Crippen LogP contribution is -2.20. The Morgan fingerprint density at radius 3 is 1.88 bits per heavy atom. The average molecular weight is 117 g/mol. The van der Waals surface area contributed by atoms with Gasteiger partial charge >= 0.3 is 7.32 Å². The van der Waals surface area contributed by atoms with Gasteiger partial charge in [0.05, 0.1) is 0 Å². The molecule has 0 bridgehead atoms. The van der Waals surface area contributed by atoms with Crippen LogP contribution in [0.4, 0.5) is 0 Å². The molecule has 0 spiro atoms. The van der Waals surface area contributed by atoms with Gasteiger partial charge in [0.15, 0.2) is 0 Å². The zero-order valence-corrected chi connectivity index (χ0v) is 5.22. The van der Waals surface area contributed by atoms with Gasteiger partial charge in [-0.15, -0.1) is 0 Å². The van der Waals surface area contributed by atoms with E-state index in [-0.39, 0.29) is 0 Å². The van der Waals surface area contributed by atoms with Gasteiger partial charge in [0.2, 0.25) is 0 Å². The fourth-order valence-electron chi connectivity index (χ4n) is 0.320. The summed E-state index contributed by atoms with van der Waals surface area (Å²) < 4.78 is 9.01. The largest absolute Gasteiger partial charge is 0.666 e. The van der Waals surface area contributed by atoms with E-state index in [0.29, 0.717) is 13.2 Å². The summed E-state index contributed by atoms with van der Waals surface area (Å²) in [5, 5.41) is 10.3. The summed E-state index contributed by atoms with van der Waals surface area (Å²) in [6, 6.07) is 0. The molecule has 1 radical (unpaired) electrons. The minimum absolute atomic E-state index is 0.411. The van der Waals surface area contributed by atoms with Crippen molar-refractivity contribution in [1.29, 1.82) is 0 Å². The highest BCUT2D eigenvalue weighted by Gasteiger charge is 2.14. The van der Waals surface area contributed by atoms with Crippen LogP contribution < -0.4 is 0 Å². The monoisotopic (exact) mass is 117 g/mol. The van der Waals surface area contributed by atoms with Gasteiger partial charge in [0, 0.05) is 13.2 Å². The van der Waals surface area contributed by atoms with Gasteiger partial charge in [-0.05, 0) is 13.8 Å². The van der Waals surface area contributed by atoms with E-state index >= 15 is 0 Å². The maximum absolute atomic E-state index is 10.3. The summed E-state index contributed by atoms with van der Waals surface area (Å²) in [4.78, 5) is 0. The van der Waals surface area contributed by atoms with Gasteiger partial charge < -0.3 is 9.31 Å². The Hall–Kier alpha value is -0.0551. The van der Waals surface area contributed by atoms with Gasteiger partial charge in [-0.25, -0.2) is 5.02 Å². The van der Waals surface area contributed by atoms with Crippen LogP contribution in [0.15, 0.2) is 0 Å². The summed E-state index contributed by atoms with van der Waals surface area (Å²) in [6.45, 7) is 4.33. The van der Waals surface area contributed by atoms with E-state index in [2.05, 4.69) is 9.31 Å². The molecule has 0 rings (SSSR count). The van der Waals surface area contributed by atoms with Crippen LogP contribution in [0, 0.1) is 0 Å². The van der Waals surface area contributed by atoms with Gasteiger partial charge in [-0.1, -0.05) is 0 Å². The van der Waals surface area contributed by atoms with Crippen molar-refractivity contribution >= 4 is 7.32 Å². The molecule has 0 amide bonds. The highest BCUT2D eigenvalue weighted by Crippen LogP contribution is 1.82. The first-order valence-corrected chi connectivity index (χ1v) is 2.70. The quantitative estimate of drug-likeness (QED) is 0.502. The molecule has 0 N–H and O–H groups in total. The molecule has 0 unspecified atom stereocenters. The molecule has 4 heteroatoms. The predicted octanol–water partition coefficient (Wildman–Crippen LogP) is 0.475. The molecule has 0 atom stereocenters. The summed E-state index contributed by atoms with van der Waals surface area (Å²) in [5.41, 5.74) is 0. The molecule has 47 valence electrons. The minimum Gasteiger partial charge on any atom is -0.385 e. The third kappa shape index (κ3) is 4.11.